The van der Waals surface area contributed by atoms with Gasteiger partial charge in [-0.1, -0.05) is 20.8 Å². The zero-order valence-electron chi connectivity index (χ0n) is 12.2. The van der Waals surface area contributed by atoms with Crippen molar-refractivity contribution in [2.45, 2.75) is 32.1 Å². The molecule has 1 rings (SSSR count). The Balaban J connectivity index is 2.64. The van der Waals surface area contributed by atoms with Gasteiger partial charge >= 0.3 is 0 Å². The van der Waals surface area contributed by atoms with Crippen molar-refractivity contribution in [3.05, 3.63) is 0 Å². The highest BCUT2D eigenvalue weighted by atomic mass is 32.2. The third kappa shape index (κ3) is 4.92. The summed E-state index contributed by atoms with van der Waals surface area (Å²) in [5.74, 6) is 0.636. The lowest BCUT2D eigenvalue weighted by molar-refractivity contribution is 0.118. The van der Waals surface area contributed by atoms with Crippen LogP contribution in [0.1, 0.15) is 27.2 Å². The average Bonchev–Trinajstić information content (AvgIpc) is 2.70. The summed E-state index contributed by atoms with van der Waals surface area (Å²) in [6.07, 6.45) is 0.550. The zero-order chi connectivity index (χ0) is 15.2. The molecule has 0 saturated carbocycles. The molecule has 0 saturated heterocycles. The molecule has 1 aromatic heterocycles. The molecular weight excluding hydrogens is 298 g/mol. The van der Waals surface area contributed by atoms with E-state index in [4.69, 9.17) is 10.5 Å². The molecule has 0 aliphatic rings. The van der Waals surface area contributed by atoms with Crippen LogP contribution in [-0.2, 0) is 14.6 Å². The number of nitrogens with zero attached hydrogens (tertiary/aromatic N) is 1. The molecule has 0 atom stereocenters. The van der Waals surface area contributed by atoms with Crippen molar-refractivity contribution >= 4 is 32.2 Å². The molecule has 0 amide bonds. The van der Waals surface area contributed by atoms with Gasteiger partial charge in [-0.2, -0.15) is 4.37 Å². The molecule has 0 spiro atoms. The predicted molar refractivity (Wildman–Crippen MR) is 83.0 cm³/mol. The minimum atomic E-state index is -3.36. The maximum absolute atomic E-state index is 12.1. The SMILES string of the molecule is CCCS(=O)(=O)c1c(N)nsc1NCCOCC(C)C. The Kier molecular flexibility index (Phi) is 6.70. The Morgan fingerprint density at radius 3 is 2.75 bits per heavy atom. The molecular formula is C12H23N3O3S2. The fraction of sp³-hybridized carbons (Fsp3) is 0.750. The van der Waals surface area contributed by atoms with Gasteiger partial charge in [-0.3, -0.25) is 0 Å². The van der Waals surface area contributed by atoms with Gasteiger partial charge in [-0.15, -0.1) is 0 Å². The molecule has 1 aromatic rings. The Morgan fingerprint density at radius 2 is 2.15 bits per heavy atom. The first-order valence-corrected chi connectivity index (χ1v) is 9.10. The molecule has 0 aliphatic carbocycles. The van der Waals surface area contributed by atoms with Crippen LogP contribution in [0.2, 0.25) is 0 Å². The summed E-state index contributed by atoms with van der Waals surface area (Å²) < 4.78 is 33.6. The van der Waals surface area contributed by atoms with E-state index >= 15 is 0 Å². The maximum Gasteiger partial charge on any atom is 0.185 e. The van der Waals surface area contributed by atoms with Crippen molar-refractivity contribution in [1.29, 1.82) is 0 Å². The summed E-state index contributed by atoms with van der Waals surface area (Å²) in [5.41, 5.74) is 5.68. The van der Waals surface area contributed by atoms with E-state index in [1.807, 2.05) is 6.92 Å². The molecule has 20 heavy (non-hydrogen) atoms. The van der Waals surface area contributed by atoms with Crippen LogP contribution in [-0.4, -0.2) is 38.3 Å². The van der Waals surface area contributed by atoms with E-state index in [1.54, 1.807) is 0 Å². The molecule has 0 aliphatic heterocycles. The summed E-state index contributed by atoms with van der Waals surface area (Å²) in [6, 6.07) is 0. The average molecular weight is 321 g/mol. The summed E-state index contributed by atoms with van der Waals surface area (Å²) >= 11 is 1.07. The first-order valence-electron chi connectivity index (χ1n) is 6.68. The summed E-state index contributed by atoms with van der Waals surface area (Å²) in [6.45, 7) is 7.71. The van der Waals surface area contributed by atoms with Crippen molar-refractivity contribution in [2.75, 3.05) is 36.6 Å². The van der Waals surface area contributed by atoms with Crippen molar-refractivity contribution in [2.24, 2.45) is 5.92 Å². The summed E-state index contributed by atoms with van der Waals surface area (Å²) in [5, 5.41) is 3.55. The van der Waals surface area contributed by atoms with Gasteiger partial charge in [0.2, 0.25) is 0 Å². The Hall–Kier alpha value is -0.860. The van der Waals surface area contributed by atoms with Crippen LogP contribution >= 0.6 is 11.5 Å². The van der Waals surface area contributed by atoms with Gasteiger partial charge in [-0.05, 0) is 23.9 Å². The Labute approximate surface area is 124 Å². The van der Waals surface area contributed by atoms with E-state index in [2.05, 4.69) is 23.5 Å². The maximum atomic E-state index is 12.1. The van der Waals surface area contributed by atoms with E-state index < -0.39 is 9.84 Å². The van der Waals surface area contributed by atoms with Gasteiger partial charge in [0.05, 0.1) is 12.4 Å². The first kappa shape index (κ1) is 17.2. The number of nitrogen functional groups attached to an aromatic ring is 1. The number of hydrogen-bond donors (Lipinski definition) is 2. The second-order valence-electron chi connectivity index (χ2n) is 4.94. The molecule has 116 valence electrons. The number of sulfone groups is 1. The molecule has 1 heterocycles. The molecule has 0 aromatic carbocycles. The van der Waals surface area contributed by atoms with Gasteiger partial charge in [-0.25, -0.2) is 8.42 Å². The van der Waals surface area contributed by atoms with Gasteiger partial charge < -0.3 is 15.8 Å². The first-order chi connectivity index (χ1) is 9.38. The van der Waals surface area contributed by atoms with E-state index in [0.717, 1.165) is 11.5 Å². The van der Waals surface area contributed by atoms with Crippen LogP contribution in [0.5, 0.6) is 0 Å². The standard InChI is InChI=1S/C12H23N3O3S2/c1-4-7-20(16,17)10-11(13)15-19-12(10)14-5-6-18-8-9(2)3/h9,14H,4-8H2,1-3H3,(H2,13,15). The second kappa shape index (κ2) is 7.80. The summed E-state index contributed by atoms with van der Waals surface area (Å²) in [4.78, 5) is 0.133. The number of ether oxygens (including phenoxy) is 1. The Bertz CT molecular complexity index is 512. The zero-order valence-corrected chi connectivity index (χ0v) is 13.8. The van der Waals surface area contributed by atoms with Crippen LogP contribution in [0.4, 0.5) is 10.8 Å². The lowest BCUT2D eigenvalue weighted by Crippen LogP contribution is -2.14. The highest BCUT2D eigenvalue weighted by molar-refractivity contribution is 7.91. The smallest absolute Gasteiger partial charge is 0.185 e. The molecule has 0 unspecified atom stereocenters. The number of rotatable bonds is 9. The minimum absolute atomic E-state index is 0.0775. The lowest BCUT2D eigenvalue weighted by atomic mass is 10.2. The number of hydrogen-bond acceptors (Lipinski definition) is 7. The van der Waals surface area contributed by atoms with Crippen molar-refractivity contribution in [3.63, 3.8) is 0 Å². The van der Waals surface area contributed by atoms with Crippen LogP contribution in [0.25, 0.3) is 0 Å². The van der Waals surface area contributed by atoms with Crippen LogP contribution in [0, 0.1) is 5.92 Å². The van der Waals surface area contributed by atoms with Gasteiger partial charge in [0.25, 0.3) is 0 Å². The van der Waals surface area contributed by atoms with Crippen molar-refractivity contribution in [1.82, 2.24) is 4.37 Å². The van der Waals surface area contributed by atoms with Gasteiger partial charge in [0.1, 0.15) is 9.90 Å². The molecule has 8 heteroatoms. The normalized spacial score (nSPS) is 12.0. The number of nitrogens with two attached hydrogens (primary N) is 1. The highest BCUT2D eigenvalue weighted by Crippen LogP contribution is 2.32. The third-order valence-electron chi connectivity index (χ3n) is 2.44. The molecule has 0 fully saturated rings. The third-order valence-corrected chi connectivity index (χ3v) is 5.37. The number of aromatic nitrogens is 1. The fourth-order valence-electron chi connectivity index (χ4n) is 1.63. The van der Waals surface area contributed by atoms with Gasteiger partial charge in [0.15, 0.2) is 15.7 Å². The monoisotopic (exact) mass is 321 g/mol. The Morgan fingerprint density at radius 1 is 1.45 bits per heavy atom. The van der Waals surface area contributed by atoms with Gasteiger partial charge in [0, 0.05) is 13.2 Å². The van der Waals surface area contributed by atoms with Crippen molar-refractivity contribution in [3.8, 4) is 0 Å². The quantitative estimate of drug-likeness (QED) is 0.676. The lowest BCUT2D eigenvalue weighted by Gasteiger charge is -2.09. The second-order valence-corrected chi connectivity index (χ2v) is 7.76. The van der Waals surface area contributed by atoms with Crippen LogP contribution in [0.3, 0.4) is 0 Å². The largest absolute Gasteiger partial charge is 0.382 e. The van der Waals surface area contributed by atoms with E-state index in [-0.39, 0.29) is 16.5 Å². The van der Waals surface area contributed by atoms with Crippen LogP contribution < -0.4 is 11.1 Å². The number of nitrogens with one attached hydrogen (secondary N) is 1. The molecule has 6 nitrogen and oxygen atoms in total. The molecule has 3 N–H and O–H groups in total. The predicted octanol–water partition coefficient (Wildman–Crippen LogP) is 1.99. The minimum Gasteiger partial charge on any atom is -0.382 e. The topological polar surface area (TPSA) is 94.3 Å². The van der Waals surface area contributed by atoms with Crippen LogP contribution in [0.15, 0.2) is 4.90 Å². The fourth-order valence-corrected chi connectivity index (χ4v) is 4.28. The van der Waals surface area contributed by atoms with E-state index in [0.29, 0.717) is 37.1 Å². The number of anilines is 2. The summed E-state index contributed by atoms with van der Waals surface area (Å²) in [7, 11) is -3.36. The molecule has 0 radical (unpaired) electrons. The molecule has 0 bridgehead atoms. The van der Waals surface area contributed by atoms with E-state index in [9.17, 15) is 8.42 Å². The highest BCUT2D eigenvalue weighted by Gasteiger charge is 2.24. The van der Waals surface area contributed by atoms with E-state index in [1.165, 1.54) is 0 Å². The van der Waals surface area contributed by atoms with Crippen molar-refractivity contribution < 1.29 is 13.2 Å².